The Kier molecular flexibility index (Phi) is 6.42. The molecule has 2 amide bonds. The predicted molar refractivity (Wildman–Crippen MR) is 99.7 cm³/mol. The molecule has 0 unspecified atom stereocenters. The molecular weight excluding hydrogens is 340 g/mol. The Morgan fingerprint density at radius 2 is 1.76 bits per heavy atom. The number of methoxy groups -OCH3 is 1. The monoisotopic (exact) mass is 360 g/mol. The fourth-order valence-electron chi connectivity index (χ4n) is 2.43. The van der Waals surface area contributed by atoms with Gasteiger partial charge in [-0.15, -0.1) is 0 Å². The minimum atomic E-state index is -0.310. The first-order valence-corrected chi connectivity index (χ1v) is 8.42. The molecule has 0 aromatic heterocycles. The summed E-state index contributed by atoms with van der Waals surface area (Å²) in [7, 11) is 1.53. The third-order valence-corrected chi connectivity index (χ3v) is 4.13. The van der Waals surface area contributed by atoms with Crippen molar-refractivity contribution >= 4 is 29.1 Å². The second kappa shape index (κ2) is 8.53. The number of nitrogens with one attached hydrogen (secondary N) is 1. The Bertz CT molecular complexity index is 773. The van der Waals surface area contributed by atoms with Gasteiger partial charge in [-0.05, 0) is 50.2 Å². The van der Waals surface area contributed by atoms with Crippen molar-refractivity contribution in [3.63, 3.8) is 0 Å². The molecule has 132 valence electrons. The van der Waals surface area contributed by atoms with Crippen LogP contribution in [0.1, 0.15) is 34.6 Å². The maximum atomic E-state index is 12.5. The minimum absolute atomic E-state index is 0.0906. The highest BCUT2D eigenvalue weighted by Gasteiger charge is 2.15. The number of nitrogens with zero attached hydrogens (tertiary/aromatic N) is 1. The van der Waals surface area contributed by atoms with Crippen LogP contribution in [0.5, 0.6) is 5.75 Å². The number of hydrogen-bond acceptors (Lipinski definition) is 3. The topological polar surface area (TPSA) is 58.6 Å². The van der Waals surface area contributed by atoms with E-state index in [0.29, 0.717) is 40.7 Å². The normalized spacial score (nSPS) is 10.2. The van der Waals surface area contributed by atoms with E-state index in [2.05, 4.69) is 5.32 Å². The Morgan fingerprint density at radius 3 is 2.36 bits per heavy atom. The van der Waals surface area contributed by atoms with E-state index in [4.69, 9.17) is 16.3 Å². The van der Waals surface area contributed by atoms with Crippen LogP contribution in [-0.2, 0) is 0 Å². The molecule has 0 radical (unpaired) electrons. The van der Waals surface area contributed by atoms with Crippen LogP contribution < -0.4 is 10.1 Å². The van der Waals surface area contributed by atoms with E-state index in [1.54, 1.807) is 47.4 Å². The van der Waals surface area contributed by atoms with Crippen molar-refractivity contribution in [3.05, 3.63) is 58.6 Å². The van der Waals surface area contributed by atoms with Gasteiger partial charge >= 0.3 is 0 Å². The molecule has 0 heterocycles. The van der Waals surface area contributed by atoms with Crippen LogP contribution in [0.4, 0.5) is 5.69 Å². The van der Waals surface area contributed by atoms with E-state index in [1.165, 1.54) is 7.11 Å². The summed E-state index contributed by atoms with van der Waals surface area (Å²) in [6, 6.07) is 11.7. The van der Waals surface area contributed by atoms with Gasteiger partial charge in [-0.2, -0.15) is 0 Å². The van der Waals surface area contributed by atoms with Gasteiger partial charge < -0.3 is 15.0 Å². The van der Waals surface area contributed by atoms with E-state index >= 15 is 0 Å². The Balaban J connectivity index is 2.18. The van der Waals surface area contributed by atoms with Crippen molar-refractivity contribution in [1.29, 1.82) is 0 Å². The molecule has 0 fully saturated rings. The standard InChI is InChI=1S/C19H21ClN2O3/c1-4-22(5-2)19(24)14-8-6-7-13(11-14)18(23)21-15-9-10-17(25-3)16(20)12-15/h6-12H,4-5H2,1-3H3,(H,21,23). The molecule has 2 rings (SSSR count). The molecule has 1 N–H and O–H groups in total. The van der Waals surface area contributed by atoms with Crippen LogP contribution >= 0.6 is 11.6 Å². The van der Waals surface area contributed by atoms with Gasteiger partial charge in [0, 0.05) is 29.9 Å². The maximum Gasteiger partial charge on any atom is 0.255 e. The molecule has 6 heteroatoms. The van der Waals surface area contributed by atoms with Crippen molar-refractivity contribution in [2.45, 2.75) is 13.8 Å². The molecule has 0 spiro atoms. The molecule has 2 aromatic carbocycles. The van der Waals surface area contributed by atoms with Crippen molar-refractivity contribution in [1.82, 2.24) is 4.90 Å². The number of amides is 2. The lowest BCUT2D eigenvalue weighted by atomic mass is 10.1. The summed E-state index contributed by atoms with van der Waals surface area (Å²) >= 11 is 6.07. The van der Waals surface area contributed by atoms with Gasteiger partial charge in [0.05, 0.1) is 12.1 Å². The zero-order valence-corrected chi connectivity index (χ0v) is 15.3. The number of benzene rings is 2. The minimum Gasteiger partial charge on any atom is -0.495 e. The zero-order chi connectivity index (χ0) is 18.4. The van der Waals surface area contributed by atoms with Crippen LogP contribution in [0, 0.1) is 0 Å². The smallest absolute Gasteiger partial charge is 0.255 e. The van der Waals surface area contributed by atoms with Gasteiger partial charge in [-0.25, -0.2) is 0 Å². The van der Waals surface area contributed by atoms with Crippen LogP contribution in [0.3, 0.4) is 0 Å². The first-order valence-electron chi connectivity index (χ1n) is 8.04. The number of ether oxygens (including phenoxy) is 1. The molecule has 5 nitrogen and oxygen atoms in total. The van der Waals surface area contributed by atoms with E-state index in [-0.39, 0.29) is 11.8 Å². The highest BCUT2D eigenvalue weighted by Crippen LogP contribution is 2.27. The van der Waals surface area contributed by atoms with Crippen LogP contribution in [0.25, 0.3) is 0 Å². The van der Waals surface area contributed by atoms with E-state index < -0.39 is 0 Å². The van der Waals surface area contributed by atoms with Crippen LogP contribution in [0.15, 0.2) is 42.5 Å². The van der Waals surface area contributed by atoms with E-state index in [9.17, 15) is 9.59 Å². The molecule has 0 bridgehead atoms. The highest BCUT2D eigenvalue weighted by atomic mass is 35.5. The zero-order valence-electron chi connectivity index (χ0n) is 14.5. The molecule has 2 aromatic rings. The van der Waals surface area contributed by atoms with Crippen molar-refractivity contribution in [3.8, 4) is 5.75 Å². The fraction of sp³-hybridized carbons (Fsp3) is 0.263. The van der Waals surface area contributed by atoms with E-state index in [0.717, 1.165) is 0 Å². The number of anilines is 1. The summed E-state index contributed by atoms with van der Waals surface area (Å²) < 4.78 is 5.09. The fourth-order valence-corrected chi connectivity index (χ4v) is 2.69. The van der Waals surface area contributed by atoms with Gasteiger partial charge in [0.1, 0.15) is 5.75 Å². The first kappa shape index (κ1) is 18.8. The Morgan fingerprint density at radius 1 is 1.08 bits per heavy atom. The number of hydrogen-bond donors (Lipinski definition) is 1. The third kappa shape index (κ3) is 4.51. The van der Waals surface area contributed by atoms with Gasteiger partial charge in [-0.1, -0.05) is 17.7 Å². The van der Waals surface area contributed by atoms with Crippen molar-refractivity contribution in [2.75, 3.05) is 25.5 Å². The molecule has 0 aliphatic heterocycles. The van der Waals surface area contributed by atoms with Crippen LogP contribution in [-0.4, -0.2) is 36.9 Å². The summed E-state index contributed by atoms with van der Waals surface area (Å²) in [5.74, 6) is 0.133. The van der Waals surface area contributed by atoms with Crippen molar-refractivity contribution < 1.29 is 14.3 Å². The number of rotatable bonds is 6. The average Bonchev–Trinajstić information content (AvgIpc) is 2.63. The molecule has 0 atom stereocenters. The summed E-state index contributed by atoms with van der Waals surface area (Å²) in [5, 5.41) is 3.18. The highest BCUT2D eigenvalue weighted by molar-refractivity contribution is 6.32. The Hall–Kier alpha value is -2.53. The number of carbonyl (C=O) groups is 2. The van der Waals surface area contributed by atoms with Gasteiger partial charge in [0.25, 0.3) is 11.8 Å². The largest absolute Gasteiger partial charge is 0.495 e. The van der Waals surface area contributed by atoms with Gasteiger partial charge in [0.15, 0.2) is 0 Å². The lowest BCUT2D eigenvalue weighted by Crippen LogP contribution is -2.30. The molecule has 0 saturated carbocycles. The Labute approximate surface area is 152 Å². The maximum absolute atomic E-state index is 12.5. The summed E-state index contributed by atoms with van der Waals surface area (Å²) in [4.78, 5) is 26.6. The number of carbonyl (C=O) groups excluding carboxylic acids is 2. The second-order valence-electron chi connectivity index (χ2n) is 5.36. The quantitative estimate of drug-likeness (QED) is 0.844. The van der Waals surface area contributed by atoms with Gasteiger partial charge in [0.2, 0.25) is 0 Å². The lowest BCUT2D eigenvalue weighted by Gasteiger charge is -2.18. The first-order chi connectivity index (χ1) is 12.0. The molecule has 0 saturated heterocycles. The van der Waals surface area contributed by atoms with Gasteiger partial charge in [-0.3, -0.25) is 9.59 Å². The predicted octanol–water partition coefficient (Wildman–Crippen LogP) is 4.08. The average molecular weight is 361 g/mol. The SMILES string of the molecule is CCN(CC)C(=O)c1cccc(C(=O)Nc2ccc(OC)c(Cl)c2)c1. The number of halogens is 1. The second-order valence-corrected chi connectivity index (χ2v) is 5.77. The molecule has 25 heavy (non-hydrogen) atoms. The lowest BCUT2D eigenvalue weighted by molar-refractivity contribution is 0.0773. The molecule has 0 aliphatic carbocycles. The third-order valence-electron chi connectivity index (χ3n) is 3.83. The van der Waals surface area contributed by atoms with E-state index in [1.807, 2.05) is 13.8 Å². The molecular formula is C19H21ClN2O3. The van der Waals surface area contributed by atoms with Crippen LogP contribution in [0.2, 0.25) is 5.02 Å². The molecule has 0 aliphatic rings. The summed E-state index contributed by atoms with van der Waals surface area (Å²) in [5.41, 5.74) is 1.45. The summed E-state index contributed by atoms with van der Waals surface area (Å²) in [6.45, 7) is 5.09. The summed E-state index contributed by atoms with van der Waals surface area (Å²) in [6.07, 6.45) is 0. The van der Waals surface area contributed by atoms with Crippen molar-refractivity contribution in [2.24, 2.45) is 0 Å².